The zero-order valence-electron chi connectivity index (χ0n) is 23.5. The maximum atomic E-state index is 14.0. The number of ether oxygens (including phenoxy) is 2. The van der Waals surface area contributed by atoms with Crippen molar-refractivity contribution in [2.24, 2.45) is 0 Å². The van der Waals surface area contributed by atoms with Crippen LogP contribution in [0.2, 0.25) is 0 Å². The smallest absolute Gasteiger partial charge is 0.407 e. The van der Waals surface area contributed by atoms with Crippen LogP contribution in [0.3, 0.4) is 0 Å². The van der Waals surface area contributed by atoms with Gasteiger partial charge in [-0.1, -0.05) is 18.2 Å². The van der Waals surface area contributed by atoms with Crippen LogP contribution in [-0.4, -0.2) is 38.0 Å². The van der Waals surface area contributed by atoms with Crippen molar-refractivity contribution >= 4 is 60.9 Å². The highest BCUT2D eigenvalue weighted by Gasteiger charge is 2.65. The first-order valence-electron chi connectivity index (χ1n) is 13.3. The Morgan fingerprint density at radius 3 is 2.37 bits per heavy atom. The van der Waals surface area contributed by atoms with Crippen LogP contribution >= 0.6 is 43.2 Å². The number of carbonyl (C=O) groups excluding carboxylic acids is 3. The third-order valence-electron chi connectivity index (χ3n) is 7.29. The largest absolute Gasteiger partial charge is 0.494 e. The summed E-state index contributed by atoms with van der Waals surface area (Å²) in [7, 11) is 0. The maximum Gasteiger partial charge on any atom is 0.407 e. The Balaban J connectivity index is 1.43. The molecular formula is C31H26Br2N2O7S. The molecule has 0 bridgehead atoms. The fourth-order valence-corrected chi connectivity index (χ4v) is 7.14. The number of carbonyl (C=O) groups is 3. The molecule has 222 valence electrons. The molecule has 2 atom stereocenters. The van der Waals surface area contributed by atoms with Crippen LogP contribution < -0.4 is 5.32 Å². The number of halogens is 2. The molecule has 0 unspecified atom stereocenters. The Morgan fingerprint density at radius 2 is 1.74 bits per heavy atom. The van der Waals surface area contributed by atoms with E-state index in [4.69, 9.17) is 9.47 Å². The summed E-state index contributed by atoms with van der Waals surface area (Å²) in [5.41, 5.74) is -0.781. The van der Waals surface area contributed by atoms with E-state index in [2.05, 4.69) is 37.2 Å². The van der Waals surface area contributed by atoms with Crippen molar-refractivity contribution in [3.05, 3.63) is 95.0 Å². The van der Waals surface area contributed by atoms with Gasteiger partial charge in [0.2, 0.25) is 28.9 Å². The van der Waals surface area contributed by atoms with Crippen LogP contribution in [0.15, 0.2) is 57.5 Å². The van der Waals surface area contributed by atoms with Gasteiger partial charge in [0.05, 0.1) is 21.7 Å². The predicted molar refractivity (Wildman–Crippen MR) is 166 cm³/mol. The number of thiophene rings is 1. The van der Waals surface area contributed by atoms with E-state index in [1.165, 1.54) is 15.9 Å². The van der Waals surface area contributed by atoms with Crippen molar-refractivity contribution in [1.82, 2.24) is 9.88 Å². The van der Waals surface area contributed by atoms with Crippen LogP contribution in [0.25, 0.3) is 5.69 Å². The van der Waals surface area contributed by atoms with Gasteiger partial charge in [0.1, 0.15) is 11.7 Å². The first-order chi connectivity index (χ1) is 20.2. The monoisotopic (exact) mass is 728 g/mol. The molecule has 1 aliphatic heterocycles. The molecule has 2 aliphatic rings. The minimum Gasteiger partial charge on any atom is -0.494 e. The number of amides is 1. The summed E-state index contributed by atoms with van der Waals surface area (Å²) in [6.45, 7) is 7.33. The Morgan fingerprint density at radius 1 is 1.05 bits per heavy atom. The van der Waals surface area contributed by atoms with Crippen molar-refractivity contribution < 1.29 is 34.1 Å². The highest BCUT2D eigenvalue weighted by molar-refractivity contribution is 9.13. The van der Waals surface area contributed by atoms with Crippen molar-refractivity contribution in [2.45, 2.75) is 51.5 Å². The van der Waals surface area contributed by atoms with Gasteiger partial charge in [-0.3, -0.25) is 14.2 Å². The number of aromatic nitrogens is 1. The molecule has 2 aromatic carbocycles. The molecule has 9 nitrogen and oxygen atoms in total. The molecule has 12 heteroatoms. The van der Waals surface area contributed by atoms with Gasteiger partial charge in [-0.25, -0.2) is 4.79 Å². The summed E-state index contributed by atoms with van der Waals surface area (Å²) in [6, 6.07) is 13.7. The molecule has 6 rings (SSSR count). The second-order valence-corrected chi connectivity index (χ2v) is 14.4. The van der Waals surface area contributed by atoms with E-state index in [1.54, 1.807) is 69.3 Å². The molecule has 4 aromatic rings. The van der Waals surface area contributed by atoms with Gasteiger partial charge in [-0.2, -0.15) is 0 Å². The van der Waals surface area contributed by atoms with Gasteiger partial charge in [-0.15, -0.1) is 11.3 Å². The highest BCUT2D eigenvalue weighted by Crippen LogP contribution is 2.60. The lowest BCUT2D eigenvalue weighted by Crippen LogP contribution is -2.38. The van der Waals surface area contributed by atoms with Gasteiger partial charge in [0.15, 0.2) is 0 Å². The van der Waals surface area contributed by atoms with Crippen LogP contribution in [0, 0.1) is 6.92 Å². The lowest BCUT2D eigenvalue weighted by molar-refractivity contribution is -0.0230. The van der Waals surface area contributed by atoms with Gasteiger partial charge in [0, 0.05) is 25.9 Å². The molecule has 1 aliphatic carbocycles. The average molecular weight is 730 g/mol. The van der Waals surface area contributed by atoms with Gasteiger partial charge in [-0.05, 0) is 101 Å². The third-order valence-corrected chi connectivity index (χ3v) is 10.2. The van der Waals surface area contributed by atoms with Crippen molar-refractivity contribution in [3.63, 3.8) is 0 Å². The van der Waals surface area contributed by atoms with E-state index in [-0.39, 0.29) is 34.0 Å². The minimum absolute atomic E-state index is 0.0687. The van der Waals surface area contributed by atoms with Crippen LogP contribution in [0.5, 0.6) is 11.8 Å². The number of ketones is 2. The molecule has 43 heavy (non-hydrogen) atoms. The van der Waals surface area contributed by atoms with E-state index in [9.17, 15) is 24.6 Å². The summed E-state index contributed by atoms with van der Waals surface area (Å²) in [5.74, 6) is -1.98. The number of fused-ring (bicyclic) bond motifs is 3. The molecule has 3 heterocycles. The number of hydrogen-bond acceptors (Lipinski definition) is 8. The lowest BCUT2D eigenvalue weighted by atomic mass is 9.89. The van der Waals surface area contributed by atoms with E-state index in [0.29, 0.717) is 15.7 Å². The second kappa shape index (κ2) is 10.3. The lowest BCUT2D eigenvalue weighted by Gasteiger charge is -2.24. The fourth-order valence-electron chi connectivity index (χ4n) is 5.50. The zero-order chi connectivity index (χ0) is 31.0. The average Bonchev–Trinajstić information content (AvgIpc) is 3.62. The number of aromatic hydroxyl groups is 2. The number of alkyl carbamates (subject to hydrolysis) is 1. The number of rotatable bonds is 4. The molecule has 0 radical (unpaired) electrons. The third kappa shape index (κ3) is 4.71. The molecular weight excluding hydrogens is 704 g/mol. The number of nitrogens with one attached hydrogen (secondary N) is 1. The second-order valence-electron chi connectivity index (χ2n) is 11.4. The standard InChI is InChI=1S/C31H26Br2N2O7S/c1-14-11-18-24(43-14)26(37)31(25(18)36)22-21(23(41-31)16-7-10-19(32)20(33)12-16)27(38)35(28(22)39)17-8-5-15(6-9-17)13-34-29(40)42-30(2,3)4/h5-12,23,38-39H,13H2,1-4H3,(H,34,40)/t23-,31+/m0/s1. The van der Waals surface area contributed by atoms with Crippen LogP contribution in [-0.2, 0) is 21.6 Å². The first kappa shape index (κ1) is 29.6. The highest BCUT2D eigenvalue weighted by atomic mass is 79.9. The van der Waals surface area contributed by atoms with Crippen LogP contribution in [0.1, 0.15) is 74.0 Å². The molecule has 0 saturated carbocycles. The number of benzene rings is 2. The van der Waals surface area contributed by atoms with Gasteiger partial charge < -0.3 is 25.0 Å². The maximum absolute atomic E-state index is 14.0. The fraction of sp³-hybridized carbons (Fsp3) is 0.258. The number of aryl methyl sites for hydroxylation is 1. The Bertz CT molecular complexity index is 1800. The van der Waals surface area contributed by atoms with E-state index in [1.807, 2.05) is 6.92 Å². The molecule has 0 fully saturated rings. The van der Waals surface area contributed by atoms with Crippen molar-refractivity contribution in [1.29, 1.82) is 0 Å². The van der Waals surface area contributed by atoms with E-state index in [0.717, 1.165) is 14.9 Å². The Kier molecular flexibility index (Phi) is 7.11. The summed E-state index contributed by atoms with van der Waals surface area (Å²) in [4.78, 5) is 41.1. The summed E-state index contributed by atoms with van der Waals surface area (Å²) >= 11 is 8.13. The van der Waals surface area contributed by atoms with Crippen LogP contribution in [0.4, 0.5) is 4.79 Å². The Labute approximate surface area is 267 Å². The number of hydrogen-bond donors (Lipinski definition) is 3. The zero-order valence-corrected chi connectivity index (χ0v) is 27.4. The minimum atomic E-state index is -2.14. The summed E-state index contributed by atoms with van der Waals surface area (Å²) in [5, 5.41) is 26.0. The van der Waals surface area contributed by atoms with Gasteiger partial charge in [0.25, 0.3) is 0 Å². The summed E-state index contributed by atoms with van der Waals surface area (Å²) in [6.07, 6.45) is -1.59. The summed E-state index contributed by atoms with van der Waals surface area (Å²) < 4.78 is 14.3. The van der Waals surface area contributed by atoms with Crippen molar-refractivity contribution in [2.75, 3.05) is 0 Å². The molecule has 0 saturated heterocycles. The molecule has 1 spiro atoms. The Hall–Kier alpha value is -3.45. The molecule has 2 aromatic heterocycles. The topological polar surface area (TPSA) is 127 Å². The van der Waals surface area contributed by atoms with E-state index >= 15 is 0 Å². The van der Waals surface area contributed by atoms with E-state index < -0.39 is 40.8 Å². The number of nitrogens with zero attached hydrogens (tertiary/aromatic N) is 1. The normalized spacial score (nSPS) is 19.2. The quantitative estimate of drug-likeness (QED) is 0.190. The first-order valence-corrected chi connectivity index (χ1v) is 15.7. The molecule has 1 amide bonds. The SMILES string of the molecule is Cc1cc2c(s1)C(=O)[C@]1(O[C@@H](c3ccc(Br)c(Br)c3)c3c1c(O)n(-c1ccc(CNC(=O)OC(C)(C)C)cc1)c3O)C2=O. The molecule has 3 N–H and O–H groups in total. The number of Topliss-reactive ketones (excluding diaryl/α,β-unsaturated/α-hetero) is 2. The predicted octanol–water partition coefficient (Wildman–Crippen LogP) is 7.20. The van der Waals surface area contributed by atoms with Crippen molar-refractivity contribution in [3.8, 4) is 17.4 Å². The van der Waals surface area contributed by atoms with Gasteiger partial charge >= 0.3 is 6.09 Å².